The molecule has 3 N–H and O–H groups in total. The first-order valence-corrected chi connectivity index (χ1v) is 12.2. The molecular formula is C25H22ClFN8O4. The summed E-state index contributed by atoms with van der Waals surface area (Å²) in [5.74, 6) is -0.796. The number of hydrogen-bond acceptors (Lipinski definition) is 9. The Hall–Kier alpha value is -4.78. The quantitative estimate of drug-likeness (QED) is 0.224. The van der Waals surface area contributed by atoms with Gasteiger partial charge >= 0.3 is 11.7 Å². The lowest BCUT2D eigenvalue weighted by Gasteiger charge is -2.27. The van der Waals surface area contributed by atoms with Crippen LogP contribution in [0.25, 0.3) is 11.1 Å². The van der Waals surface area contributed by atoms with Crippen molar-refractivity contribution >= 4 is 46.3 Å². The lowest BCUT2D eigenvalue weighted by Crippen LogP contribution is -2.39. The average molecular weight is 553 g/mol. The number of aliphatic imine (C=N–C) groups is 1. The summed E-state index contributed by atoms with van der Waals surface area (Å²) < 4.78 is 21.2. The second-order valence-electron chi connectivity index (χ2n) is 8.62. The number of rotatable bonds is 7. The van der Waals surface area contributed by atoms with E-state index in [1.165, 1.54) is 24.3 Å². The number of fused-ring (bicyclic) bond motifs is 1. The predicted octanol–water partition coefficient (Wildman–Crippen LogP) is 4.45. The molecule has 0 bridgehead atoms. The number of aromatic nitrogens is 3. The predicted molar refractivity (Wildman–Crippen MR) is 141 cm³/mol. The molecule has 4 aromatic rings. The van der Waals surface area contributed by atoms with Crippen LogP contribution in [-0.2, 0) is 17.9 Å². The molecular weight excluding hydrogens is 531 g/mol. The fourth-order valence-electron chi connectivity index (χ4n) is 4.16. The maximum Gasteiger partial charge on any atom is 0.313 e. The van der Waals surface area contributed by atoms with E-state index in [-0.39, 0.29) is 45.9 Å². The van der Waals surface area contributed by atoms with Crippen LogP contribution in [0.3, 0.4) is 0 Å². The topological polar surface area (TPSA) is 153 Å². The molecule has 5 rings (SSSR count). The highest BCUT2D eigenvalue weighted by Crippen LogP contribution is 2.36. The third-order valence-corrected chi connectivity index (χ3v) is 6.35. The first-order valence-electron chi connectivity index (χ1n) is 11.8. The van der Waals surface area contributed by atoms with Crippen LogP contribution in [0.2, 0.25) is 5.02 Å². The van der Waals surface area contributed by atoms with Crippen LogP contribution in [0.1, 0.15) is 31.0 Å². The van der Waals surface area contributed by atoms with Crippen molar-refractivity contribution in [3.05, 3.63) is 92.1 Å². The number of halogens is 2. The highest BCUT2D eigenvalue weighted by molar-refractivity contribution is 6.31. The Labute approximate surface area is 225 Å². The Balaban J connectivity index is 1.46. The van der Waals surface area contributed by atoms with Crippen molar-refractivity contribution in [3.63, 3.8) is 0 Å². The van der Waals surface area contributed by atoms with Crippen molar-refractivity contribution in [2.24, 2.45) is 4.99 Å². The molecule has 0 fully saturated rings. The van der Waals surface area contributed by atoms with Crippen molar-refractivity contribution in [2.75, 3.05) is 5.32 Å². The highest BCUT2D eigenvalue weighted by Gasteiger charge is 2.31. The van der Waals surface area contributed by atoms with E-state index in [9.17, 15) is 19.3 Å². The number of nitro benzene ring substituents is 1. The van der Waals surface area contributed by atoms with Gasteiger partial charge in [0.25, 0.3) is 5.91 Å². The fraction of sp³-hybridized carbons (Fsp3) is 0.200. The maximum absolute atomic E-state index is 13.8. The van der Waals surface area contributed by atoms with E-state index in [4.69, 9.17) is 16.0 Å². The number of aryl methyl sites for hydroxylation is 1. The summed E-state index contributed by atoms with van der Waals surface area (Å²) in [4.78, 5) is 33.0. The molecule has 1 aliphatic rings. The molecule has 0 aliphatic carbocycles. The van der Waals surface area contributed by atoms with Crippen LogP contribution >= 0.6 is 11.6 Å². The van der Waals surface area contributed by atoms with Gasteiger partial charge in [0.15, 0.2) is 0 Å². The number of nitrogens with one attached hydrogen (secondary N) is 3. The summed E-state index contributed by atoms with van der Waals surface area (Å²) in [5.41, 5.74) is 1.97. The van der Waals surface area contributed by atoms with E-state index in [0.29, 0.717) is 17.8 Å². The summed E-state index contributed by atoms with van der Waals surface area (Å²) in [5, 5.41) is 24.4. The van der Waals surface area contributed by atoms with Crippen molar-refractivity contribution in [1.29, 1.82) is 0 Å². The van der Waals surface area contributed by atoms with Crippen molar-refractivity contribution in [2.45, 2.75) is 33.0 Å². The minimum atomic E-state index is -0.918. The van der Waals surface area contributed by atoms with Crippen molar-refractivity contribution < 1.29 is 18.5 Å². The molecule has 1 aliphatic heterocycles. The monoisotopic (exact) mass is 552 g/mol. The van der Waals surface area contributed by atoms with E-state index >= 15 is 0 Å². The molecule has 1 atom stereocenters. The van der Waals surface area contributed by atoms with Crippen molar-refractivity contribution in [3.8, 4) is 0 Å². The van der Waals surface area contributed by atoms with Crippen molar-refractivity contribution in [1.82, 2.24) is 25.4 Å². The number of anilines is 1. The zero-order chi connectivity index (χ0) is 27.7. The third-order valence-electron chi connectivity index (χ3n) is 6.02. The Bertz CT molecular complexity index is 1660. The number of nitrogens with zero attached hydrogens (tertiary/aromatic N) is 5. The molecule has 39 heavy (non-hydrogen) atoms. The molecule has 0 radical (unpaired) electrons. The van der Waals surface area contributed by atoms with Gasteiger partial charge in [-0.2, -0.15) is 10.1 Å². The number of carbonyl (C=O) groups excluding carboxylic acids is 1. The normalized spacial score (nSPS) is 15.2. The van der Waals surface area contributed by atoms with Gasteiger partial charge in [0.2, 0.25) is 11.5 Å². The summed E-state index contributed by atoms with van der Waals surface area (Å²) in [6.07, 6.45) is 3.50. The van der Waals surface area contributed by atoms with Gasteiger partial charge < -0.3 is 15.1 Å². The Kier molecular flexibility index (Phi) is 6.98. The molecule has 200 valence electrons. The number of amides is 1. The maximum atomic E-state index is 13.8. The number of non-ortho nitro benzene ring substituents is 1. The summed E-state index contributed by atoms with van der Waals surface area (Å²) in [6, 6.07) is 7.25. The van der Waals surface area contributed by atoms with Gasteiger partial charge in [-0.15, -0.1) is 0 Å². The van der Waals surface area contributed by atoms with Gasteiger partial charge in [-0.1, -0.05) is 23.7 Å². The third kappa shape index (κ3) is 5.29. The van der Waals surface area contributed by atoms with E-state index < -0.39 is 22.7 Å². The van der Waals surface area contributed by atoms with Crippen LogP contribution in [0, 0.1) is 15.9 Å². The second kappa shape index (κ2) is 10.5. The molecule has 14 heteroatoms. The van der Waals surface area contributed by atoms with E-state index in [1.54, 1.807) is 23.9 Å². The molecule has 3 heterocycles. The minimum Gasteiger partial charge on any atom is -0.416 e. The van der Waals surface area contributed by atoms with Crippen LogP contribution in [0.5, 0.6) is 0 Å². The van der Waals surface area contributed by atoms with Crippen LogP contribution in [0.4, 0.5) is 16.1 Å². The number of hydrogen-bond donors (Lipinski definition) is 3. The molecule has 0 saturated heterocycles. The fourth-order valence-corrected chi connectivity index (χ4v) is 4.43. The van der Waals surface area contributed by atoms with Gasteiger partial charge in [0.05, 0.1) is 16.7 Å². The van der Waals surface area contributed by atoms with Gasteiger partial charge in [-0.25, -0.2) is 9.38 Å². The lowest BCUT2D eigenvalue weighted by atomic mass is 9.95. The zero-order valence-corrected chi connectivity index (χ0v) is 21.5. The SMILES string of the molecule is CCn1cc(CNC(=O)C2=C(C)NC(Nc3nc4cccc([N+](=O)[O-])c4o3)=NC2c2ccc(F)cc2Cl)cn1. The van der Waals surface area contributed by atoms with Gasteiger partial charge in [0.1, 0.15) is 17.4 Å². The summed E-state index contributed by atoms with van der Waals surface area (Å²) >= 11 is 6.37. The average Bonchev–Trinajstić information content (AvgIpc) is 3.53. The van der Waals surface area contributed by atoms with Gasteiger partial charge in [-0.05, 0) is 32.0 Å². The number of benzene rings is 2. The molecule has 1 amide bonds. The van der Waals surface area contributed by atoms with Crippen LogP contribution < -0.4 is 16.0 Å². The molecule has 1 unspecified atom stereocenters. The largest absolute Gasteiger partial charge is 0.416 e. The standard InChI is InChI=1S/C25H22ClFN8O4/c1-3-34-12-14(11-29-34)10-28-23(36)20-13(2)30-24(32-21(20)16-8-7-15(27)9-17(16)26)33-25-31-18-5-4-6-19(35(37)38)22(18)39-25/h4-9,11-12,21H,3,10H2,1-2H3,(H,28,36)(H2,30,31,32,33). The summed E-state index contributed by atoms with van der Waals surface area (Å²) in [7, 11) is 0. The second-order valence-corrected chi connectivity index (χ2v) is 9.03. The number of allylic oxidation sites excluding steroid dienone is 1. The first-order chi connectivity index (χ1) is 18.7. The lowest BCUT2D eigenvalue weighted by molar-refractivity contribution is -0.383. The Morgan fingerprint density at radius 3 is 2.87 bits per heavy atom. The molecule has 0 spiro atoms. The first kappa shape index (κ1) is 25.9. The molecule has 0 saturated carbocycles. The van der Waals surface area contributed by atoms with Gasteiger partial charge in [-0.3, -0.25) is 24.9 Å². The van der Waals surface area contributed by atoms with Crippen LogP contribution in [-0.4, -0.2) is 31.6 Å². The smallest absolute Gasteiger partial charge is 0.313 e. The van der Waals surface area contributed by atoms with E-state index in [1.807, 2.05) is 13.1 Å². The Morgan fingerprint density at radius 2 is 2.15 bits per heavy atom. The van der Waals surface area contributed by atoms with Gasteiger partial charge in [0, 0.05) is 47.2 Å². The zero-order valence-electron chi connectivity index (χ0n) is 20.7. The number of carbonyl (C=O) groups is 1. The summed E-state index contributed by atoms with van der Waals surface area (Å²) in [6.45, 7) is 4.57. The number of para-hydroxylation sites is 1. The Morgan fingerprint density at radius 1 is 1.33 bits per heavy atom. The highest BCUT2D eigenvalue weighted by atomic mass is 35.5. The number of guanidine groups is 1. The number of oxazole rings is 1. The number of nitro groups is 1. The van der Waals surface area contributed by atoms with Crippen LogP contribution in [0.15, 0.2) is 69.5 Å². The minimum absolute atomic E-state index is 0.00161. The van der Waals surface area contributed by atoms with E-state index in [2.05, 4.69) is 31.0 Å². The van der Waals surface area contributed by atoms with E-state index in [0.717, 1.165) is 11.6 Å². The molecule has 2 aromatic heterocycles. The molecule has 2 aromatic carbocycles. The molecule has 12 nitrogen and oxygen atoms in total.